The lowest BCUT2D eigenvalue weighted by molar-refractivity contribution is 0.557. The van der Waals surface area contributed by atoms with Crippen LogP contribution >= 0.6 is 22.9 Å². The topological polar surface area (TPSA) is 56.1 Å². The Morgan fingerprint density at radius 1 is 1.12 bits per heavy atom. The molecule has 0 atom stereocenters. The van der Waals surface area contributed by atoms with Crippen LogP contribution in [0.4, 0.5) is 8.78 Å². The molecule has 1 heterocycles. The molecule has 3 rings (SSSR count). The lowest BCUT2D eigenvalue weighted by Crippen LogP contribution is -2.12. The van der Waals surface area contributed by atoms with Crippen molar-refractivity contribution in [2.45, 2.75) is 4.90 Å². The Balaban J connectivity index is 2.26. The predicted molar refractivity (Wildman–Crippen MR) is 93.4 cm³/mol. The van der Waals surface area contributed by atoms with Crippen molar-refractivity contribution < 1.29 is 17.2 Å². The van der Waals surface area contributed by atoms with Gasteiger partial charge >= 0.3 is 4.87 Å². The van der Waals surface area contributed by atoms with Gasteiger partial charge in [0.1, 0.15) is 16.5 Å². The fraction of sp³-hybridized carbons (Fsp3) is 0.0625. The van der Waals surface area contributed by atoms with Gasteiger partial charge in [-0.15, -0.1) is 0 Å². The average molecular weight is 402 g/mol. The smallest absolute Gasteiger partial charge is 0.267 e. The Bertz CT molecular complexity index is 1140. The first kappa shape index (κ1) is 17.8. The molecule has 3 aromatic rings. The van der Waals surface area contributed by atoms with Gasteiger partial charge in [-0.25, -0.2) is 17.2 Å². The van der Waals surface area contributed by atoms with E-state index in [0.29, 0.717) is 16.8 Å². The van der Waals surface area contributed by atoms with Crippen molar-refractivity contribution in [1.82, 2.24) is 4.57 Å². The number of aromatic nitrogens is 1. The van der Waals surface area contributed by atoms with Gasteiger partial charge in [0.05, 0.1) is 11.4 Å². The molecule has 0 aliphatic carbocycles. The Kier molecular flexibility index (Phi) is 4.52. The van der Waals surface area contributed by atoms with Crippen LogP contribution in [0.1, 0.15) is 0 Å². The van der Waals surface area contributed by atoms with E-state index in [1.54, 1.807) is 18.2 Å². The van der Waals surface area contributed by atoms with E-state index in [4.69, 9.17) is 11.6 Å². The van der Waals surface area contributed by atoms with Crippen molar-refractivity contribution in [3.63, 3.8) is 0 Å². The minimum atomic E-state index is -3.92. The zero-order valence-electron chi connectivity index (χ0n) is 12.7. The van der Waals surface area contributed by atoms with Crippen LogP contribution in [0, 0.1) is 11.6 Å². The fourth-order valence-corrected chi connectivity index (χ4v) is 4.03. The molecule has 0 aliphatic rings. The average Bonchev–Trinajstić information content (AvgIpc) is 2.89. The lowest BCUT2D eigenvalue weighted by atomic mass is 10.1. The Hall–Kier alpha value is -2.03. The van der Waals surface area contributed by atoms with E-state index >= 15 is 0 Å². The molecule has 0 unspecified atom stereocenters. The summed E-state index contributed by atoms with van der Waals surface area (Å²) in [5.74, 6) is -2.04. The third-order valence-corrected chi connectivity index (χ3v) is 5.53. The van der Waals surface area contributed by atoms with E-state index in [1.165, 1.54) is 16.0 Å². The minimum Gasteiger partial charge on any atom is -0.267 e. The van der Waals surface area contributed by atoms with Gasteiger partial charge in [0, 0.05) is 22.2 Å². The summed E-state index contributed by atoms with van der Waals surface area (Å²) in [7, 11) is -3.92. The van der Waals surface area contributed by atoms with Gasteiger partial charge in [-0.05, 0) is 30.3 Å². The molecule has 0 fully saturated rings. The molecule has 2 aromatic carbocycles. The highest BCUT2D eigenvalue weighted by Crippen LogP contribution is 2.30. The van der Waals surface area contributed by atoms with Gasteiger partial charge in [0.25, 0.3) is 0 Å². The first-order valence-electron chi connectivity index (χ1n) is 6.84. The van der Waals surface area contributed by atoms with Crippen LogP contribution in [0.25, 0.3) is 16.9 Å². The molecule has 1 aromatic heterocycles. The van der Waals surface area contributed by atoms with Crippen LogP contribution in [0.2, 0.25) is 5.02 Å². The van der Waals surface area contributed by atoms with Crippen molar-refractivity contribution in [2.75, 3.05) is 6.26 Å². The maximum absolute atomic E-state index is 14.5. The summed E-state index contributed by atoms with van der Waals surface area (Å²) in [6, 6.07) is 7.73. The summed E-state index contributed by atoms with van der Waals surface area (Å²) in [5, 5.41) is 1.75. The quantitative estimate of drug-likeness (QED) is 0.668. The highest BCUT2D eigenvalue weighted by molar-refractivity contribution is 7.90. The van der Waals surface area contributed by atoms with Crippen molar-refractivity contribution in [2.24, 2.45) is 0 Å². The highest BCUT2D eigenvalue weighted by Gasteiger charge is 2.21. The number of thiazole rings is 1. The number of sulfone groups is 1. The molecule has 9 heteroatoms. The van der Waals surface area contributed by atoms with Crippen LogP contribution in [0.3, 0.4) is 0 Å². The van der Waals surface area contributed by atoms with E-state index in [2.05, 4.69) is 0 Å². The Morgan fingerprint density at radius 2 is 1.84 bits per heavy atom. The summed E-state index contributed by atoms with van der Waals surface area (Å²) in [6.07, 6.45) is 0.789. The van der Waals surface area contributed by atoms with Gasteiger partial charge in [-0.3, -0.25) is 9.36 Å². The monoisotopic (exact) mass is 401 g/mol. The second-order valence-electron chi connectivity index (χ2n) is 5.24. The van der Waals surface area contributed by atoms with E-state index in [9.17, 15) is 22.0 Å². The number of benzene rings is 2. The molecule has 0 aliphatic heterocycles. The van der Waals surface area contributed by atoms with E-state index in [1.807, 2.05) is 0 Å². The fourth-order valence-electron chi connectivity index (χ4n) is 2.36. The van der Waals surface area contributed by atoms with Gasteiger partial charge in [-0.2, -0.15) is 0 Å². The summed E-state index contributed by atoms with van der Waals surface area (Å²) in [4.78, 5) is 11.0. The molecule has 0 amide bonds. The van der Waals surface area contributed by atoms with Gasteiger partial charge < -0.3 is 0 Å². The molecule has 0 radical (unpaired) electrons. The maximum Gasteiger partial charge on any atom is 0.312 e. The predicted octanol–water partition coefficient (Wildman–Crippen LogP) is 3.90. The first-order chi connectivity index (χ1) is 11.7. The summed E-state index contributed by atoms with van der Waals surface area (Å²) in [5.41, 5.74) is 0.276. The normalized spacial score (nSPS) is 11.7. The van der Waals surface area contributed by atoms with Crippen LogP contribution < -0.4 is 4.87 Å². The zero-order valence-corrected chi connectivity index (χ0v) is 15.1. The van der Waals surface area contributed by atoms with E-state index in [0.717, 1.165) is 23.7 Å². The standard InChI is InChI=1S/C16H10ClF2NO3S2/c1-25(22,23)15-7-12(18)11(6-13(15)19)14-8-24-16(21)20(14)10-4-2-3-9(17)5-10/h2-8H,1H3. The third-order valence-electron chi connectivity index (χ3n) is 3.46. The molecule has 0 saturated heterocycles. The van der Waals surface area contributed by atoms with Gasteiger partial charge in [-0.1, -0.05) is 29.0 Å². The SMILES string of the molecule is CS(=O)(=O)c1cc(F)c(-c2csc(=O)n2-c2cccc(Cl)c2)cc1F. The number of hydrogen-bond acceptors (Lipinski definition) is 4. The molecule has 0 saturated carbocycles. The minimum absolute atomic E-state index is 0.105. The number of nitrogens with zero attached hydrogens (tertiary/aromatic N) is 1. The highest BCUT2D eigenvalue weighted by atomic mass is 35.5. The van der Waals surface area contributed by atoms with Crippen LogP contribution in [-0.4, -0.2) is 19.2 Å². The summed E-state index contributed by atoms with van der Waals surface area (Å²) >= 11 is 6.73. The molecule has 130 valence electrons. The zero-order chi connectivity index (χ0) is 18.4. The van der Waals surface area contributed by atoms with Crippen molar-refractivity contribution in [3.8, 4) is 16.9 Å². The molecular weight excluding hydrogens is 392 g/mol. The van der Waals surface area contributed by atoms with Crippen molar-refractivity contribution in [3.05, 3.63) is 68.1 Å². The number of rotatable bonds is 3. The largest absolute Gasteiger partial charge is 0.312 e. The summed E-state index contributed by atoms with van der Waals surface area (Å²) in [6.45, 7) is 0. The molecular formula is C16H10ClF2NO3S2. The Labute approximate surface area is 150 Å². The number of hydrogen-bond donors (Lipinski definition) is 0. The van der Waals surface area contributed by atoms with E-state index < -0.39 is 31.2 Å². The molecule has 25 heavy (non-hydrogen) atoms. The second kappa shape index (κ2) is 6.36. The molecule has 0 N–H and O–H groups in total. The summed E-state index contributed by atoms with van der Waals surface area (Å²) < 4.78 is 52.8. The van der Waals surface area contributed by atoms with Crippen LogP contribution in [0.5, 0.6) is 0 Å². The van der Waals surface area contributed by atoms with Gasteiger partial charge in [0.15, 0.2) is 9.84 Å². The van der Waals surface area contributed by atoms with Crippen molar-refractivity contribution in [1.29, 1.82) is 0 Å². The Morgan fingerprint density at radius 3 is 2.48 bits per heavy atom. The molecule has 4 nitrogen and oxygen atoms in total. The van der Waals surface area contributed by atoms with Crippen LogP contribution in [-0.2, 0) is 9.84 Å². The maximum atomic E-state index is 14.5. The van der Waals surface area contributed by atoms with E-state index in [-0.39, 0.29) is 11.3 Å². The molecule has 0 bridgehead atoms. The van der Waals surface area contributed by atoms with Crippen molar-refractivity contribution >= 4 is 32.8 Å². The lowest BCUT2D eigenvalue weighted by Gasteiger charge is -2.10. The second-order valence-corrected chi connectivity index (χ2v) is 8.48. The van der Waals surface area contributed by atoms with Crippen LogP contribution in [0.15, 0.2) is 51.5 Å². The number of halogens is 3. The third kappa shape index (κ3) is 3.37. The van der Waals surface area contributed by atoms with Gasteiger partial charge in [0.2, 0.25) is 0 Å². The molecule has 0 spiro atoms. The first-order valence-corrected chi connectivity index (χ1v) is 9.99.